The predicted molar refractivity (Wildman–Crippen MR) is 98.2 cm³/mol. The zero-order valence-corrected chi connectivity index (χ0v) is 14.7. The number of halogens is 2. The quantitative estimate of drug-likeness (QED) is 0.687. The van der Waals surface area contributed by atoms with Gasteiger partial charge in [-0.05, 0) is 24.7 Å². The van der Waals surface area contributed by atoms with E-state index in [1.165, 1.54) is 12.4 Å². The molecule has 0 amide bonds. The molecule has 1 heterocycles. The van der Waals surface area contributed by atoms with Crippen molar-refractivity contribution in [2.45, 2.75) is 13.5 Å². The third-order valence-corrected chi connectivity index (χ3v) is 4.10. The first-order valence-corrected chi connectivity index (χ1v) is 8.25. The fourth-order valence-corrected chi connectivity index (χ4v) is 2.72. The maximum atomic E-state index is 14.2. The topological polar surface area (TPSA) is 59.1 Å². The molecule has 1 aromatic heterocycles. The van der Waals surface area contributed by atoms with Gasteiger partial charge in [0.1, 0.15) is 17.9 Å². The van der Waals surface area contributed by atoms with Crippen LogP contribution in [0.25, 0.3) is 10.9 Å². The summed E-state index contributed by atoms with van der Waals surface area (Å²) in [6, 6.07) is 8.58. The Morgan fingerprint density at radius 2 is 2.08 bits per heavy atom. The molecule has 5 nitrogen and oxygen atoms in total. The minimum absolute atomic E-state index is 0.0536. The lowest BCUT2D eigenvalue weighted by Crippen LogP contribution is -2.12. The SMILES string of the molecule is CCNCc1cc2c(Nc3cccc(Cl)c3F)ncnc2cc1OC. The summed E-state index contributed by atoms with van der Waals surface area (Å²) in [6.07, 6.45) is 1.43. The van der Waals surface area contributed by atoms with Gasteiger partial charge in [-0.25, -0.2) is 14.4 Å². The lowest BCUT2D eigenvalue weighted by molar-refractivity contribution is 0.408. The number of aromatic nitrogens is 2. The second-order valence-electron chi connectivity index (χ2n) is 5.41. The minimum atomic E-state index is -0.516. The molecule has 0 aliphatic heterocycles. The molecule has 0 atom stereocenters. The third kappa shape index (κ3) is 3.65. The first kappa shape index (κ1) is 17.4. The zero-order chi connectivity index (χ0) is 17.8. The average molecular weight is 361 g/mol. The van der Waals surface area contributed by atoms with Crippen LogP contribution < -0.4 is 15.4 Å². The molecule has 130 valence electrons. The molecule has 0 saturated carbocycles. The second-order valence-corrected chi connectivity index (χ2v) is 5.82. The van der Waals surface area contributed by atoms with Crippen molar-refractivity contribution in [1.29, 1.82) is 0 Å². The molecule has 0 radical (unpaired) electrons. The number of anilines is 2. The average Bonchev–Trinajstić information content (AvgIpc) is 2.63. The summed E-state index contributed by atoms with van der Waals surface area (Å²) < 4.78 is 19.6. The lowest BCUT2D eigenvalue weighted by atomic mass is 10.1. The van der Waals surface area contributed by atoms with Crippen molar-refractivity contribution in [3.8, 4) is 5.75 Å². The van der Waals surface area contributed by atoms with Crippen LogP contribution in [0.3, 0.4) is 0 Å². The third-order valence-electron chi connectivity index (χ3n) is 3.81. The smallest absolute Gasteiger partial charge is 0.165 e. The van der Waals surface area contributed by atoms with E-state index in [9.17, 15) is 4.39 Å². The van der Waals surface area contributed by atoms with Crippen LogP contribution in [0.4, 0.5) is 15.9 Å². The summed E-state index contributed by atoms with van der Waals surface area (Å²) in [5, 5.41) is 7.10. The van der Waals surface area contributed by atoms with E-state index in [4.69, 9.17) is 16.3 Å². The molecule has 0 aliphatic carbocycles. The van der Waals surface area contributed by atoms with Crippen LogP contribution in [0.5, 0.6) is 5.75 Å². The molecule has 25 heavy (non-hydrogen) atoms. The summed E-state index contributed by atoms with van der Waals surface area (Å²) in [6.45, 7) is 3.52. The van der Waals surface area contributed by atoms with Gasteiger partial charge < -0.3 is 15.4 Å². The summed E-state index contributed by atoms with van der Waals surface area (Å²) in [4.78, 5) is 8.54. The van der Waals surface area contributed by atoms with Gasteiger partial charge in [-0.3, -0.25) is 0 Å². The van der Waals surface area contributed by atoms with Crippen molar-refractivity contribution in [3.05, 3.63) is 53.1 Å². The zero-order valence-electron chi connectivity index (χ0n) is 13.9. The van der Waals surface area contributed by atoms with Crippen LogP contribution in [0.15, 0.2) is 36.7 Å². The van der Waals surface area contributed by atoms with Crippen LogP contribution in [0.2, 0.25) is 5.02 Å². The molecule has 0 bridgehead atoms. The Morgan fingerprint density at radius 3 is 2.84 bits per heavy atom. The molecule has 3 rings (SSSR count). The number of rotatable bonds is 6. The van der Waals surface area contributed by atoms with Gasteiger partial charge in [-0.1, -0.05) is 24.6 Å². The maximum Gasteiger partial charge on any atom is 0.165 e. The van der Waals surface area contributed by atoms with Crippen LogP contribution >= 0.6 is 11.6 Å². The summed E-state index contributed by atoms with van der Waals surface area (Å²) in [5.41, 5.74) is 1.94. The highest BCUT2D eigenvalue weighted by Crippen LogP contribution is 2.31. The number of nitrogens with zero attached hydrogens (tertiary/aromatic N) is 2. The largest absolute Gasteiger partial charge is 0.496 e. The molecule has 0 fully saturated rings. The molecule has 0 aliphatic rings. The van der Waals surface area contributed by atoms with Crippen molar-refractivity contribution in [3.63, 3.8) is 0 Å². The van der Waals surface area contributed by atoms with E-state index in [0.29, 0.717) is 17.9 Å². The normalized spacial score (nSPS) is 10.9. The van der Waals surface area contributed by atoms with E-state index < -0.39 is 5.82 Å². The van der Waals surface area contributed by atoms with Crippen LogP contribution in [-0.4, -0.2) is 23.6 Å². The molecule has 7 heteroatoms. The molecular formula is C18H18ClFN4O. The lowest BCUT2D eigenvalue weighted by Gasteiger charge is -2.13. The van der Waals surface area contributed by atoms with Crippen molar-refractivity contribution in [1.82, 2.24) is 15.3 Å². The number of fused-ring (bicyclic) bond motifs is 1. The van der Waals surface area contributed by atoms with Crippen LogP contribution in [-0.2, 0) is 6.54 Å². The van der Waals surface area contributed by atoms with Gasteiger partial charge >= 0.3 is 0 Å². The van der Waals surface area contributed by atoms with Crippen molar-refractivity contribution in [2.75, 3.05) is 19.0 Å². The predicted octanol–water partition coefficient (Wildman–Crippen LogP) is 4.28. The standard InChI is InChI=1S/C18H18ClFN4O/c1-3-21-9-11-7-12-15(8-16(11)25-2)22-10-23-18(12)24-14-6-4-5-13(19)17(14)20/h4-8,10,21H,3,9H2,1-2H3,(H,22,23,24). The highest BCUT2D eigenvalue weighted by Gasteiger charge is 2.13. The van der Waals surface area contributed by atoms with Gasteiger partial charge in [-0.15, -0.1) is 0 Å². The Bertz CT molecular complexity index is 904. The number of nitrogens with one attached hydrogen (secondary N) is 2. The summed E-state index contributed by atoms with van der Waals surface area (Å²) in [5.74, 6) is 0.732. The van der Waals surface area contributed by atoms with Gasteiger partial charge in [0.2, 0.25) is 0 Å². The van der Waals surface area contributed by atoms with E-state index in [2.05, 4.69) is 20.6 Å². The minimum Gasteiger partial charge on any atom is -0.496 e. The molecule has 3 aromatic rings. The van der Waals surface area contributed by atoms with Gasteiger partial charge in [0.15, 0.2) is 5.82 Å². The fourth-order valence-electron chi connectivity index (χ4n) is 2.54. The summed E-state index contributed by atoms with van der Waals surface area (Å²) >= 11 is 5.85. The molecule has 0 saturated heterocycles. The van der Waals surface area contributed by atoms with Crippen molar-refractivity contribution >= 4 is 34.0 Å². The number of ether oxygens (including phenoxy) is 1. The molecular weight excluding hydrogens is 343 g/mol. The Morgan fingerprint density at radius 1 is 1.24 bits per heavy atom. The van der Waals surface area contributed by atoms with Gasteiger partial charge in [0, 0.05) is 23.6 Å². The van der Waals surface area contributed by atoms with Crippen molar-refractivity contribution < 1.29 is 9.13 Å². The van der Waals surface area contributed by atoms with E-state index in [-0.39, 0.29) is 10.7 Å². The highest BCUT2D eigenvalue weighted by molar-refractivity contribution is 6.31. The second kappa shape index (κ2) is 7.63. The molecule has 0 spiro atoms. The number of methoxy groups -OCH3 is 1. The Labute approximate surface area is 150 Å². The van der Waals surface area contributed by atoms with E-state index in [1.807, 2.05) is 19.1 Å². The number of benzene rings is 2. The van der Waals surface area contributed by atoms with E-state index >= 15 is 0 Å². The Hall–Kier alpha value is -2.44. The van der Waals surface area contributed by atoms with Gasteiger partial charge in [0.05, 0.1) is 23.3 Å². The van der Waals surface area contributed by atoms with E-state index in [0.717, 1.165) is 23.2 Å². The van der Waals surface area contributed by atoms with Gasteiger partial charge in [0.25, 0.3) is 0 Å². The van der Waals surface area contributed by atoms with E-state index in [1.54, 1.807) is 19.2 Å². The monoisotopic (exact) mass is 360 g/mol. The molecule has 0 unspecified atom stereocenters. The summed E-state index contributed by atoms with van der Waals surface area (Å²) in [7, 11) is 1.62. The van der Waals surface area contributed by atoms with Gasteiger partial charge in [-0.2, -0.15) is 0 Å². The molecule has 2 N–H and O–H groups in total. The van der Waals surface area contributed by atoms with Crippen LogP contribution in [0, 0.1) is 5.82 Å². The number of hydrogen-bond donors (Lipinski definition) is 2. The number of hydrogen-bond acceptors (Lipinski definition) is 5. The van der Waals surface area contributed by atoms with Crippen LogP contribution in [0.1, 0.15) is 12.5 Å². The first-order chi connectivity index (χ1) is 12.1. The fraction of sp³-hybridized carbons (Fsp3) is 0.222. The highest BCUT2D eigenvalue weighted by atomic mass is 35.5. The maximum absolute atomic E-state index is 14.2. The Balaban J connectivity index is 2.07. The first-order valence-electron chi connectivity index (χ1n) is 7.87. The van der Waals surface area contributed by atoms with Crippen molar-refractivity contribution in [2.24, 2.45) is 0 Å². The molecule has 2 aromatic carbocycles. The Kier molecular flexibility index (Phi) is 5.31.